The Balaban J connectivity index is 1.46. The van der Waals surface area contributed by atoms with E-state index in [9.17, 15) is 8.42 Å². The zero-order chi connectivity index (χ0) is 13.3. The van der Waals surface area contributed by atoms with Crippen LogP contribution >= 0.6 is 0 Å². The molecule has 3 aliphatic heterocycles. The Hall–Kier alpha value is -0.130. The molecule has 0 saturated carbocycles. The quantitative estimate of drug-likeness (QED) is 0.771. The van der Waals surface area contributed by atoms with Crippen LogP contribution in [0.5, 0.6) is 0 Å². The minimum absolute atomic E-state index is 0.336. The molecule has 4 nitrogen and oxygen atoms in total. The largest absolute Gasteiger partial charge is 0.297 e. The fourth-order valence-corrected chi connectivity index (χ4v) is 5.47. The molecule has 3 heterocycles. The van der Waals surface area contributed by atoms with E-state index in [-0.39, 0.29) is 0 Å². The molecule has 0 aromatic rings. The molecule has 3 fully saturated rings. The molecule has 0 aromatic heterocycles. The van der Waals surface area contributed by atoms with E-state index in [4.69, 9.17) is 0 Å². The minimum atomic E-state index is -3.00. The van der Waals surface area contributed by atoms with E-state index in [0.29, 0.717) is 18.8 Å². The van der Waals surface area contributed by atoms with Crippen molar-refractivity contribution in [3.63, 3.8) is 0 Å². The van der Waals surface area contributed by atoms with Gasteiger partial charge in [0.2, 0.25) is 10.0 Å². The third-order valence-corrected chi connectivity index (χ3v) is 6.94. The van der Waals surface area contributed by atoms with Crippen molar-refractivity contribution in [2.45, 2.75) is 57.0 Å². The molecule has 0 aliphatic carbocycles. The molecule has 0 N–H and O–H groups in total. The molecule has 3 aliphatic rings. The Morgan fingerprint density at radius 3 is 2.16 bits per heavy atom. The Morgan fingerprint density at radius 2 is 1.58 bits per heavy atom. The Kier molecular flexibility index (Phi) is 4.15. The van der Waals surface area contributed by atoms with Crippen molar-refractivity contribution in [3.05, 3.63) is 6.42 Å². The summed E-state index contributed by atoms with van der Waals surface area (Å²) in [6, 6.07) is 1.52. The summed E-state index contributed by atoms with van der Waals surface area (Å²) in [5, 5.41) is 0. The highest BCUT2D eigenvalue weighted by Gasteiger charge is 2.38. The molecule has 0 unspecified atom stereocenters. The van der Waals surface area contributed by atoms with Gasteiger partial charge in [0, 0.05) is 25.2 Å². The van der Waals surface area contributed by atoms with Crippen molar-refractivity contribution >= 4 is 10.0 Å². The summed E-state index contributed by atoms with van der Waals surface area (Å²) in [6.45, 7) is 2.36. The molecule has 109 valence electrons. The fraction of sp³-hybridized carbons (Fsp3) is 0.929. The molecule has 2 bridgehead atoms. The lowest BCUT2D eigenvalue weighted by molar-refractivity contribution is 0.253. The van der Waals surface area contributed by atoms with Gasteiger partial charge in [-0.1, -0.05) is 0 Å². The van der Waals surface area contributed by atoms with Crippen LogP contribution in [0.4, 0.5) is 0 Å². The van der Waals surface area contributed by atoms with Gasteiger partial charge in [0.25, 0.3) is 0 Å². The fourth-order valence-electron chi connectivity index (χ4n) is 3.95. The summed E-state index contributed by atoms with van der Waals surface area (Å²) in [6.07, 6.45) is 10.1. The van der Waals surface area contributed by atoms with Crippen LogP contribution in [-0.4, -0.2) is 55.1 Å². The lowest BCUT2D eigenvalue weighted by atomic mass is 10.0. The summed E-state index contributed by atoms with van der Waals surface area (Å²) in [5.41, 5.74) is 0. The average Bonchev–Trinajstić information content (AvgIpc) is 2.99. The van der Waals surface area contributed by atoms with E-state index >= 15 is 0 Å². The van der Waals surface area contributed by atoms with Gasteiger partial charge in [-0.15, -0.1) is 0 Å². The van der Waals surface area contributed by atoms with Crippen molar-refractivity contribution in [3.8, 4) is 0 Å². The second kappa shape index (κ2) is 5.70. The van der Waals surface area contributed by atoms with Crippen molar-refractivity contribution in [1.82, 2.24) is 9.21 Å². The highest BCUT2D eigenvalue weighted by atomic mass is 32.2. The lowest BCUT2D eigenvalue weighted by Gasteiger charge is -2.26. The van der Waals surface area contributed by atoms with Crippen LogP contribution in [0.1, 0.15) is 44.9 Å². The minimum Gasteiger partial charge on any atom is -0.297 e. The molecule has 0 amide bonds. The van der Waals surface area contributed by atoms with E-state index < -0.39 is 10.0 Å². The smallest absolute Gasteiger partial charge is 0.214 e. The van der Waals surface area contributed by atoms with Gasteiger partial charge in [-0.2, -0.15) is 0 Å². The first-order valence-corrected chi connectivity index (χ1v) is 9.33. The highest BCUT2D eigenvalue weighted by molar-refractivity contribution is 7.89. The predicted molar refractivity (Wildman–Crippen MR) is 76.3 cm³/mol. The van der Waals surface area contributed by atoms with Gasteiger partial charge in [0.05, 0.1) is 5.75 Å². The van der Waals surface area contributed by atoms with E-state index in [1.807, 2.05) is 0 Å². The van der Waals surface area contributed by atoms with Crippen LogP contribution in [0.3, 0.4) is 0 Å². The third-order valence-electron chi connectivity index (χ3n) is 4.98. The summed E-state index contributed by atoms with van der Waals surface area (Å²) in [7, 11) is -3.00. The molecular formula is C14H25N2O2S. The maximum Gasteiger partial charge on any atom is 0.214 e. The maximum absolute atomic E-state index is 12.2. The zero-order valence-electron chi connectivity index (χ0n) is 11.6. The molecule has 0 spiro atoms. The van der Waals surface area contributed by atoms with Gasteiger partial charge in [0.1, 0.15) is 0 Å². The van der Waals surface area contributed by atoms with Crippen LogP contribution in [0, 0.1) is 6.42 Å². The van der Waals surface area contributed by atoms with Crippen LogP contribution in [-0.2, 0) is 10.0 Å². The molecule has 3 rings (SSSR count). The number of hydrogen-bond acceptors (Lipinski definition) is 3. The summed E-state index contributed by atoms with van der Waals surface area (Å²) < 4.78 is 26.1. The van der Waals surface area contributed by atoms with Gasteiger partial charge in [0.15, 0.2) is 0 Å². The van der Waals surface area contributed by atoms with E-state index in [1.54, 1.807) is 4.31 Å². The van der Waals surface area contributed by atoms with Crippen LogP contribution < -0.4 is 0 Å². The van der Waals surface area contributed by atoms with E-state index in [1.165, 1.54) is 25.7 Å². The second-order valence-corrected chi connectivity index (χ2v) is 8.22. The number of piperidine rings is 1. The molecule has 0 atom stereocenters. The van der Waals surface area contributed by atoms with Gasteiger partial charge in [-0.25, -0.2) is 12.7 Å². The van der Waals surface area contributed by atoms with Gasteiger partial charge < -0.3 is 0 Å². The van der Waals surface area contributed by atoms with Crippen molar-refractivity contribution in [2.24, 2.45) is 0 Å². The van der Waals surface area contributed by atoms with Crippen LogP contribution in [0.15, 0.2) is 0 Å². The number of rotatable bonds is 5. The molecule has 3 saturated heterocycles. The Bertz CT molecular complexity index is 384. The van der Waals surface area contributed by atoms with Crippen LogP contribution in [0.25, 0.3) is 0 Å². The molecule has 0 aromatic carbocycles. The molecule has 5 heteroatoms. The Labute approximate surface area is 117 Å². The summed E-state index contributed by atoms with van der Waals surface area (Å²) in [5.74, 6) is 0.336. The van der Waals surface area contributed by atoms with E-state index in [2.05, 4.69) is 11.3 Å². The first-order chi connectivity index (χ1) is 9.17. The monoisotopic (exact) mass is 285 g/mol. The number of fused-ring (bicyclic) bond motifs is 2. The maximum atomic E-state index is 12.2. The lowest BCUT2D eigenvalue weighted by Crippen LogP contribution is -2.38. The van der Waals surface area contributed by atoms with Gasteiger partial charge in [-0.05, 0) is 57.9 Å². The SMILES string of the molecule is O=S(=O)(CCCN1C2CCC1CC2)N1CC[CH]CC1. The van der Waals surface area contributed by atoms with E-state index in [0.717, 1.165) is 37.9 Å². The van der Waals surface area contributed by atoms with Gasteiger partial charge in [-0.3, -0.25) is 4.90 Å². The first kappa shape index (κ1) is 13.8. The van der Waals surface area contributed by atoms with Gasteiger partial charge >= 0.3 is 0 Å². The standard InChI is InChI=1S/C14H25N2O2S/c17-19(18,15-9-2-1-3-10-15)12-4-11-16-13-5-6-14(16)8-7-13/h1,13-14H,2-12H2. The van der Waals surface area contributed by atoms with Crippen LogP contribution in [0.2, 0.25) is 0 Å². The number of hydrogen-bond donors (Lipinski definition) is 0. The predicted octanol–water partition coefficient (Wildman–Crippen LogP) is 1.63. The topological polar surface area (TPSA) is 40.6 Å². The van der Waals surface area contributed by atoms with Crippen molar-refractivity contribution in [2.75, 3.05) is 25.4 Å². The number of sulfonamides is 1. The average molecular weight is 285 g/mol. The molecule has 19 heavy (non-hydrogen) atoms. The molecule has 1 radical (unpaired) electrons. The normalized spacial score (nSPS) is 33.1. The Morgan fingerprint density at radius 1 is 1.00 bits per heavy atom. The second-order valence-electron chi connectivity index (χ2n) is 6.13. The first-order valence-electron chi connectivity index (χ1n) is 7.72. The van der Waals surface area contributed by atoms with Crippen molar-refractivity contribution < 1.29 is 8.42 Å². The highest BCUT2D eigenvalue weighted by Crippen LogP contribution is 2.37. The third kappa shape index (κ3) is 2.98. The molecular weight excluding hydrogens is 260 g/mol. The summed E-state index contributed by atoms with van der Waals surface area (Å²) >= 11 is 0. The number of nitrogens with zero attached hydrogens (tertiary/aromatic N) is 2. The van der Waals surface area contributed by atoms with Crippen molar-refractivity contribution in [1.29, 1.82) is 0 Å². The summed E-state index contributed by atoms with van der Waals surface area (Å²) in [4.78, 5) is 2.57. The zero-order valence-corrected chi connectivity index (χ0v) is 12.4.